The Morgan fingerprint density at radius 1 is 1.44 bits per heavy atom. The minimum atomic E-state index is 0.312. The summed E-state index contributed by atoms with van der Waals surface area (Å²) in [5.41, 5.74) is 0. The number of hydrogen-bond acceptors (Lipinski definition) is 3. The molecule has 0 N–H and O–H groups in total. The topological polar surface area (TPSA) is 34.9 Å². The van der Waals surface area contributed by atoms with Gasteiger partial charge < -0.3 is 4.57 Å². The first kappa shape index (κ1) is 13.7. The Morgan fingerprint density at radius 3 is 2.94 bits per heavy atom. The molecule has 0 aliphatic heterocycles. The summed E-state index contributed by atoms with van der Waals surface area (Å²) in [6.45, 7) is 2.96. The maximum atomic E-state index is 11.9. The summed E-state index contributed by atoms with van der Waals surface area (Å²) in [7, 11) is 0. The fourth-order valence-corrected chi connectivity index (χ4v) is 3.66. The number of rotatable bonds is 6. The Balaban J connectivity index is 1.74. The number of aromatic nitrogens is 2. The zero-order chi connectivity index (χ0) is 12.8. The average molecular weight is 266 g/mol. The number of imidazole rings is 1. The quantitative estimate of drug-likeness (QED) is 0.793. The third-order valence-electron chi connectivity index (χ3n) is 3.53. The van der Waals surface area contributed by atoms with Gasteiger partial charge in [-0.05, 0) is 19.8 Å². The minimum absolute atomic E-state index is 0.312. The summed E-state index contributed by atoms with van der Waals surface area (Å²) < 4.78 is 2.04. The van der Waals surface area contributed by atoms with Gasteiger partial charge in [0.15, 0.2) is 0 Å². The zero-order valence-electron chi connectivity index (χ0n) is 11.1. The van der Waals surface area contributed by atoms with Crippen LogP contribution in [0.2, 0.25) is 0 Å². The Morgan fingerprint density at radius 2 is 2.22 bits per heavy atom. The number of aryl methyl sites for hydroxylation is 1. The molecule has 1 aliphatic rings. The highest BCUT2D eigenvalue weighted by molar-refractivity contribution is 8.00. The Labute approximate surface area is 113 Å². The molecule has 0 bridgehead atoms. The molecule has 1 heterocycles. The van der Waals surface area contributed by atoms with Crippen LogP contribution in [0.25, 0.3) is 0 Å². The molecule has 2 rings (SSSR count). The number of nitrogens with zero attached hydrogens (tertiary/aromatic N) is 2. The van der Waals surface area contributed by atoms with Gasteiger partial charge in [-0.1, -0.05) is 19.3 Å². The lowest BCUT2D eigenvalue weighted by atomic mass is 10.0. The molecule has 1 aliphatic carbocycles. The zero-order valence-corrected chi connectivity index (χ0v) is 11.9. The fourth-order valence-electron chi connectivity index (χ4n) is 2.47. The van der Waals surface area contributed by atoms with Crippen molar-refractivity contribution in [3.05, 3.63) is 18.2 Å². The predicted octanol–water partition coefficient (Wildman–Crippen LogP) is 3.08. The van der Waals surface area contributed by atoms with Gasteiger partial charge in [0, 0.05) is 24.2 Å². The number of thioether (sulfide) groups is 1. The van der Waals surface area contributed by atoms with E-state index in [-0.39, 0.29) is 0 Å². The number of hydrogen-bond donors (Lipinski definition) is 0. The van der Waals surface area contributed by atoms with Crippen molar-refractivity contribution < 1.29 is 4.79 Å². The Bertz CT molecular complexity index is 383. The van der Waals surface area contributed by atoms with E-state index in [1.807, 2.05) is 22.5 Å². The van der Waals surface area contributed by atoms with Crippen molar-refractivity contribution in [1.29, 1.82) is 0 Å². The van der Waals surface area contributed by atoms with Gasteiger partial charge in [-0.3, -0.25) is 4.79 Å². The summed E-state index contributed by atoms with van der Waals surface area (Å²) in [4.78, 5) is 16.2. The first-order chi connectivity index (χ1) is 8.79. The van der Waals surface area contributed by atoms with Crippen LogP contribution < -0.4 is 0 Å². The summed E-state index contributed by atoms with van der Waals surface area (Å²) in [6, 6.07) is 0. The second kappa shape index (κ2) is 6.98. The van der Waals surface area contributed by atoms with Crippen molar-refractivity contribution in [1.82, 2.24) is 9.55 Å². The Kier molecular flexibility index (Phi) is 5.29. The van der Waals surface area contributed by atoms with E-state index in [9.17, 15) is 4.79 Å². The molecule has 0 spiro atoms. The average Bonchev–Trinajstić information content (AvgIpc) is 2.85. The molecule has 0 amide bonds. The van der Waals surface area contributed by atoms with Crippen LogP contribution in [0.5, 0.6) is 0 Å². The molecule has 0 radical (unpaired) electrons. The van der Waals surface area contributed by atoms with E-state index in [2.05, 4.69) is 11.9 Å². The molecular weight excluding hydrogens is 244 g/mol. The lowest BCUT2D eigenvalue weighted by Gasteiger charge is -2.20. The molecule has 1 aromatic rings. The first-order valence-electron chi connectivity index (χ1n) is 6.93. The standard InChI is InChI=1S/C14H22N2OS/c1-2-16-9-8-15-14(16)10-12(17)11-18-13-6-4-3-5-7-13/h8-9,13H,2-7,10-11H2,1H3. The second-order valence-electron chi connectivity index (χ2n) is 4.92. The number of Topliss-reactive ketones (excluding diaryl/α,β-unsaturated/α-hetero) is 1. The van der Waals surface area contributed by atoms with Crippen LogP contribution in [0.4, 0.5) is 0 Å². The van der Waals surface area contributed by atoms with Gasteiger partial charge >= 0.3 is 0 Å². The highest BCUT2D eigenvalue weighted by atomic mass is 32.2. The van der Waals surface area contributed by atoms with Gasteiger partial charge in [0.25, 0.3) is 0 Å². The lowest BCUT2D eigenvalue weighted by Crippen LogP contribution is -2.15. The van der Waals surface area contributed by atoms with Crippen molar-refractivity contribution in [2.45, 2.75) is 57.2 Å². The maximum Gasteiger partial charge on any atom is 0.150 e. The smallest absolute Gasteiger partial charge is 0.150 e. The normalized spacial score (nSPS) is 16.9. The van der Waals surface area contributed by atoms with E-state index in [0.717, 1.165) is 12.4 Å². The SMILES string of the molecule is CCn1ccnc1CC(=O)CSC1CCCCC1. The molecule has 0 unspecified atom stereocenters. The summed E-state index contributed by atoms with van der Waals surface area (Å²) in [6.07, 6.45) is 10.8. The van der Waals surface area contributed by atoms with E-state index < -0.39 is 0 Å². The molecule has 0 saturated heterocycles. The largest absolute Gasteiger partial charge is 0.335 e. The summed E-state index contributed by atoms with van der Waals surface area (Å²) in [5, 5.41) is 0.716. The van der Waals surface area contributed by atoms with Crippen molar-refractivity contribution in [3.63, 3.8) is 0 Å². The summed E-state index contributed by atoms with van der Waals surface area (Å²) >= 11 is 1.85. The fraction of sp³-hybridized carbons (Fsp3) is 0.714. The lowest BCUT2D eigenvalue weighted by molar-refractivity contribution is -0.116. The van der Waals surface area contributed by atoms with Gasteiger partial charge in [-0.2, -0.15) is 11.8 Å². The van der Waals surface area contributed by atoms with E-state index in [1.54, 1.807) is 6.20 Å². The first-order valence-corrected chi connectivity index (χ1v) is 7.97. The maximum absolute atomic E-state index is 11.9. The van der Waals surface area contributed by atoms with Crippen LogP contribution >= 0.6 is 11.8 Å². The number of carbonyl (C=O) groups excluding carboxylic acids is 1. The van der Waals surface area contributed by atoms with Crippen molar-refractivity contribution in [2.24, 2.45) is 0 Å². The monoisotopic (exact) mass is 266 g/mol. The minimum Gasteiger partial charge on any atom is -0.335 e. The van der Waals surface area contributed by atoms with E-state index in [0.29, 0.717) is 23.2 Å². The van der Waals surface area contributed by atoms with Crippen LogP contribution in [-0.2, 0) is 17.8 Å². The third-order valence-corrected chi connectivity index (χ3v) is 4.96. The molecule has 0 aromatic carbocycles. The van der Waals surface area contributed by atoms with Crippen molar-refractivity contribution in [3.8, 4) is 0 Å². The molecular formula is C14H22N2OS. The molecule has 1 aromatic heterocycles. The molecule has 1 fully saturated rings. The predicted molar refractivity (Wildman–Crippen MR) is 75.9 cm³/mol. The van der Waals surface area contributed by atoms with Gasteiger partial charge in [0.1, 0.15) is 11.6 Å². The molecule has 0 atom stereocenters. The third kappa shape index (κ3) is 3.87. The molecule has 18 heavy (non-hydrogen) atoms. The van der Waals surface area contributed by atoms with Gasteiger partial charge in [-0.25, -0.2) is 4.98 Å². The Hall–Kier alpha value is -0.770. The summed E-state index contributed by atoms with van der Waals surface area (Å²) in [5.74, 6) is 1.87. The highest BCUT2D eigenvalue weighted by Crippen LogP contribution is 2.28. The van der Waals surface area contributed by atoms with Gasteiger partial charge in [0.2, 0.25) is 0 Å². The van der Waals surface area contributed by atoms with Crippen LogP contribution in [0.15, 0.2) is 12.4 Å². The van der Waals surface area contributed by atoms with E-state index in [1.165, 1.54) is 32.1 Å². The van der Waals surface area contributed by atoms with Crippen LogP contribution in [0.3, 0.4) is 0 Å². The van der Waals surface area contributed by atoms with Gasteiger partial charge in [0.05, 0.1) is 12.2 Å². The molecule has 4 heteroatoms. The van der Waals surface area contributed by atoms with Crippen LogP contribution in [0.1, 0.15) is 44.9 Å². The van der Waals surface area contributed by atoms with Crippen LogP contribution in [-0.4, -0.2) is 26.3 Å². The molecule has 100 valence electrons. The number of carbonyl (C=O) groups is 1. The molecule has 3 nitrogen and oxygen atoms in total. The van der Waals surface area contributed by atoms with Crippen molar-refractivity contribution in [2.75, 3.05) is 5.75 Å². The highest BCUT2D eigenvalue weighted by Gasteiger charge is 2.16. The van der Waals surface area contributed by atoms with Gasteiger partial charge in [-0.15, -0.1) is 0 Å². The number of ketones is 1. The molecule has 1 saturated carbocycles. The van der Waals surface area contributed by atoms with Crippen LogP contribution in [0, 0.1) is 0 Å². The second-order valence-corrected chi connectivity index (χ2v) is 6.20. The van der Waals surface area contributed by atoms with E-state index >= 15 is 0 Å². The van der Waals surface area contributed by atoms with Crippen molar-refractivity contribution >= 4 is 17.5 Å². The van der Waals surface area contributed by atoms with E-state index in [4.69, 9.17) is 0 Å².